The molecule has 0 bridgehead atoms. The highest BCUT2D eigenvalue weighted by Gasteiger charge is 2.12. The second kappa shape index (κ2) is 5.54. The molecule has 2 aromatic carbocycles. The van der Waals surface area contributed by atoms with E-state index in [1.165, 1.54) is 16.9 Å². The lowest BCUT2D eigenvalue weighted by Gasteiger charge is -2.07. The minimum atomic E-state index is -0.157. The van der Waals surface area contributed by atoms with Crippen LogP contribution in [-0.2, 0) is 0 Å². The molecule has 0 aliphatic heterocycles. The second-order valence-electron chi connectivity index (χ2n) is 4.74. The Morgan fingerprint density at radius 1 is 1.19 bits per heavy atom. The number of nitrogens with one attached hydrogen (secondary N) is 2. The maximum atomic E-state index is 12.4. The van der Waals surface area contributed by atoms with Crippen molar-refractivity contribution in [2.24, 2.45) is 0 Å². The molecule has 1 aromatic heterocycles. The first-order valence-corrected chi connectivity index (χ1v) is 7.44. The van der Waals surface area contributed by atoms with Gasteiger partial charge in [-0.15, -0.1) is 0 Å². The van der Waals surface area contributed by atoms with Crippen molar-refractivity contribution >= 4 is 38.3 Å². The maximum absolute atomic E-state index is 12.4. The van der Waals surface area contributed by atoms with Gasteiger partial charge < -0.3 is 5.32 Å². The molecule has 0 saturated heterocycles. The first-order valence-electron chi connectivity index (χ1n) is 6.62. The number of nitrogens with zero attached hydrogens (tertiary/aromatic N) is 1. The van der Waals surface area contributed by atoms with Gasteiger partial charge in [0.25, 0.3) is 5.91 Å². The number of carbonyl (C=O) groups is 1. The van der Waals surface area contributed by atoms with Gasteiger partial charge in [0.15, 0.2) is 5.13 Å². The lowest BCUT2D eigenvalue weighted by atomic mass is 10.1. The Balaban J connectivity index is 1.89. The predicted molar refractivity (Wildman–Crippen MR) is 88.3 cm³/mol. The van der Waals surface area contributed by atoms with Gasteiger partial charge in [-0.2, -0.15) is 0 Å². The molecule has 0 spiro atoms. The number of benzene rings is 2. The van der Waals surface area contributed by atoms with E-state index in [9.17, 15) is 4.79 Å². The Labute approximate surface area is 126 Å². The fourth-order valence-electron chi connectivity index (χ4n) is 2.15. The second-order valence-corrected chi connectivity index (χ2v) is 5.77. The van der Waals surface area contributed by atoms with E-state index in [1.807, 2.05) is 37.3 Å². The number of carbonyl (C=O) groups excluding carboxylic acids is 1. The molecule has 106 valence electrons. The van der Waals surface area contributed by atoms with Crippen LogP contribution in [0.1, 0.15) is 15.9 Å². The molecule has 2 N–H and O–H groups in total. The molecule has 5 heteroatoms. The number of hydrogen-bond acceptors (Lipinski definition) is 4. The molecule has 21 heavy (non-hydrogen) atoms. The molecule has 0 aliphatic carbocycles. The SMILES string of the molecule is CNc1ccccc1C(=O)Nc1nc2ccc(C)cc2s1. The predicted octanol–water partition coefficient (Wildman–Crippen LogP) is 3.90. The molecular formula is C16H15N3OS. The van der Waals surface area contributed by atoms with Crippen molar-refractivity contribution < 1.29 is 4.79 Å². The van der Waals surface area contributed by atoms with E-state index in [2.05, 4.69) is 21.7 Å². The molecule has 0 radical (unpaired) electrons. The molecule has 0 aliphatic rings. The molecule has 0 atom stereocenters. The summed E-state index contributed by atoms with van der Waals surface area (Å²) in [4.78, 5) is 16.8. The Kier molecular flexibility index (Phi) is 3.58. The van der Waals surface area contributed by atoms with Crippen LogP contribution in [0.5, 0.6) is 0 Å². The largest absolute Gasteiger partial charge is 0.387 e. The first kappa shape index (κ1) is 13.6. The lowest BCUT2D eigenvalue weighted by molar-refractivity contribution is 0.102. The zero-order chi connectivity index (χ0) is 14.8. The summed E-state index contributed by atoms with van der Waals surface area (Å²) in [7, 11) is 1.80. The maximum Gasteiger partial charge on any atom is 0.259 e. The van der Waals surface area contributed by atoms with E-state index in [1.54, 1.807) is 13.1 Å². The minimum Gasteiger partial charge on any atom is -0.387 e. The zero-order valence-corrected chi connectivity index (χ0v) is 12.6. The highest BCUT2D eigenvalue weighted by molar-refractivity contribution is 7.22. The Hall–Kier alpha value is -2.40. The fraction of sp³-hybridized carbons (Fsp3) is 0.125. The molecule has 4 nitrogen and oxygen atoms in total. The summed E-state index contributed by atoms with van der Waals surface area (Å²) in [5, 5.41) is 6.51. The van der Waals surface area contributed by atoms with Crippen LogP contribution in [0, 0.1) is 6.92 Å². The van der Waals surface area contributed by atoms with Gasteiger partial charge in [-0.25, -0.2) is 4.98 Å². The topological polar surface area (TPSA) is 54.0 Å². The molecule has 0 unspecified atom stereocenters. The van der Waals surface area contributed by atoms with Crippen LogP contribution in [-0.4, -0.2) is 17.9 Å². The third-order valence-corrected chi connectivity index (χ3v) is 4.14. The number of anilines is 2. The monoisotopic (exact) mass is 297 g/mol. The minimum absolute atomic E-state index is 0.157. The number of hydrogen-bond donors (Lipinski definition) is 2. The van der Waals surface area contributed by atoms with Crippen LogP contribution < -0.4 is 10.6 Å². The third kappa shape index (κ3) is 2.73. The van der Waals surface area contributed by atoms with Gasteiger partial charge in [-0.1, -0.05) is 29.5 Å². The van der Waals surface area contributed by atoms with Gasteiger partial charge in [0.2, 0.25) is 0 Å². The van der Waals surface area contributed by atoms with E-state index in [0.29, 0.717) is 10.7 Å². The van der Waals surface area contributed by atoms with E-state index in [-0.39, 0.29) is 5.91 Å². The first-order chi connectivity index (χ1) is 10.2. The number of amides is 1. The molecule has 0 fully saturated rings. The van der Waals surface area contributed by atoms with Crippen molar-refractivity contribution in [3.8, 4) is 0 Å². The average molecular weight is 297 g/mol. The molecule has 1 amide bonds. The number of aromatic nitrogens is 1. The van der Waals surface area contributed by atoms with Crippen LogP contribution >= 0.6 is 11.3 Å². The van der Waals surface area contributed by atoms with Crippen molar-refractivity contribution in [1.29, 1.82) is 0 Å². The molecule has 3 rings (SSSR count). The zero-order valence-electron chi connectivity index (χ0n) is 11.8. The van der Waals surface area contributed by atoms with Gasteiger partial charge in [0.1, 0.15) is 0 Å². The van der Waals surface area contributed by atoms with Crippen molar-refractivity contribution in [2.45, 2.75) is 6.92 Å². The lowest BCUT2D eigenvalue weighted by Crippen LogP contribution is -2.13. The third-order valence-electron chi connectivity index (χ3n) is 3.21. The van der Waals surface area contributed by atoms with E-state index >= 15 is 0 Å². The molecule has 1 heterocycles. The highest BCUT2D eigenvalue weighted by Crippen LogP contribution is 2.27. The summed E-state index contributed by atoms with van der Waals surface area (Å²) in [6.45, 7) is 2.04. The molecule has 0 saturated carbocycles. The van der Waals surface area contributed by atoms with Gasteiger partial charge >= 0.3 is 0 Å². The van der Waals surface area contributed by atoms with Crippen molar-refractivity contribution in [3.63, 3.8) is 0 Å². The summed E-state index contributed by atoms with van der Waals surface area (Å²) in [6.07, 6.45) is 0. The number of thiazole rings is 1. The Morgan fingerprint density at radius 2 is 2.00 bits per heavy atom. The normalized spacial score (nSPS) is 10.6. The Morgan fingerprint density at radius 3 is 2.81 bits per heavy atom. The van der Waals surface area contributed by atoms with Crippen LogP contribution in [0.2, 0.25) is 0 Å². The number of aryl methyl sites for hydroxylation is 1. The fourth-order valence-corrected chi connectivity index (χ4v) is 3.11. The van der Waals surface area contributed by atoms with E-state index in [0.717, 1.165) is 15.9 Å². The van der Waals surface area contributed by atoms with Crippen LogP contribution in [0.25, 0.3) is 10.2 Å². The number of rotatable bonds is 3. The summed E-state index contributed by atoms with van der Waals surface area (Å²) in [6, 6.07) is 13.5. The molecular weight excluding hydrogens is 282 g/mol. The van der Waals surface area contributed by atoms with Crippen molar-refractivity contribution in [2.75, 3.05) is 17.7 Å². The molecule has 3 aromatic rings. The highest BCUT2D eigenvalue weighted by atomic mass is 32.1. The quantitative estimate of drug-likeness (QED) is 0.771. The summed E-state index contributed by atoms with van der Waals surface area (Å²) in [5.74, 6) is -0.157. The summed E-state index contributed by atoms with van der Waals surface area (Å²) >= 11 is 1.48. The van der Waals surface area contributed by atoms with Gasteiger partial charge in [-0.3, -0.25) is 10.1 Å². The van der Waals surface area contributed by atoms with E-state index < -0.39 is 0 Å². The van der Waals surface area contributed by atoms with Gasteiger partial charge in [0, 0.05) is 12.7 Å². The van der Waals surface area contributed by atoms with Crippen molar-refractivity contribution in [3.05, 3.63) is 53.6 Å². The van der Waals surface area contributed by atoms with Crippen LogP contribution in [0.3, 0.4) is 0 Å². The number of para-hydroxylation sites is 1. The summed E-state index contributed by atoms with van der Waals surface area (Å²) < 4.78 is 1.08. The Bertz CT molecular complexity index is 810. The van der Waals surface area contributed by atoms with Crippen LogP contribution in [0.4, 0.5) is 10.8 Å². The average Bonchev–Trinajstić information content (AvgIpc) is 2.88. The van der Waals surface area contributed by atoms with E-state index in [4.69, 9.17) is 0 Å². The van der Waals surface area contributed by atoms with Crippen LogP contribution in [0.15, 0.2) is 42.5 Å². The smallest absolute Gasteiger partial charge is 0.259 e. The number of fused-ring (bicyclic) bond motifs is 1. The van der Waals surface area contributed by atoms with Gasteiger partial charge in [-0.05, 0) is 36.8 Å². The standard InChI is InChI=1S/C16H15N3OS/c1-10-7-8-13-14(9-10)21-16(18-13)19-15(20)11-5-3-4-6-12(11)17-2/h3-9,17H,1-2H3,(H,18,19,20). The van der Waals surface area contributed by atoms with Crippen molar-refractivity contribution in [1.82, 2.24) is 4.98 Å². The van der Waals surface area contributed by atoms with Gasteiger partial charge in [0.05, 0.1) is 15.8 Å². The summed E-state index contributed by atoms with van der Waals surface area (Å²) in [5.41, 5.74) is 3.50.